The Kier molecular flexibility index (Phi) is 5.51. The van der Waals surface area contributed by atoms with Crippen LogP contribution in [0.1, 0.15) is 56.5 Å². The van der Waals surface area contributed by atoms with Crippen LogP contribution in [0.25, 0.3) is 5.69 Å². The maximum Gasteiger partial charge on any atom is 0.186 e. The predicted octanol–water partition coefficient (Wildman–Crippen LogP) is 3.82. The first kappa shape index (κ1) is 15.2. The highest BCUT2D eigenvalue weighted by molar-refractivity contribution is 5.38. The predicted molar refractivity (Wildman–Crippen MR) is 83.3 cm³/mol. The van der Waals surface area contributed by atoms with Crippen LogP contribution in [-0.4, -0.2) is 15.0 Å². The fourth-order valence-corrected chi connectivity index (χ4v) is 2.35. The second kappa shape index (κ2) is 7.58. The number of benzene rings is 1. The standard InChI is InChI=1S/C17H22N4/c1-3-5-7-14-9-11-15(12-10-14)21-17(8-6-4-2)16(13-18)19-20-21/h9-12H,3-8H2,1-2H3. The van der Waals surface area contributed by atoms with Crippen molar-refractivity contribution in [1.29, 1.82) is 5.26 Å². The Labute approximate surface area is 126 Å². The minimum absolute atomic E-state index is 0.443. The summed E-state index contributed by atoms with van der Waals surface area (Å²) in [6.07, 6.45) is 6.49. The molecule has 4 heteroatoms. The van der Waals surface area contributed by atoms with Gasteiger partial charge in [0.2, 0.25) is 0 Å². The SMILES string of the molecule is CCCCc1ccc(-n2nnc(C#N)c2CCCC)cc1. The van der Waals surface area contributed by atoms with Gasteiger partial charge in [-0.2, -0.15) is 5.26 Å². The zero-order chi connectivity index (χ0) is 15.1. The third-order valence-corrected chi connectivity index (χ3v) is 3.64. The number of hydrogen-bond acceptors (Lipinski definition) is 3. The first-order valence-corrected chi connectivity index (χ1v) is 7.74. The van der Waals surface area contributed by atoms with E-state index in [1.807, 2.05) is 0 Å². The molecule has 0 amide bonds. The van der Waals surface area contributed by atoms with Crippen LogP contribution < -0.4 is 0 Å². The van der Waals surface area contributed by atoms with Gasteiger partial charge < -0.3 is 0 Å². The summed E-state index contributed by atoms with van der Waals surface area (Å²) in [6.45, 7) is 4.34. The zero-order valence-corrected chi connectivity index (χ0v) is 12.8. The summed E-state index contributed by atoms with van der Waals surface area (Å²) in [5.41, 5.74) is 3.69. The lowest BCUT2D eigenvalue weighted by atomic mass is 10.1. The topological polar surface area (TPSA) is 54.5 Å². The fraction of sp³-hybridized carbons (Fsp3) is 0.471. The number of nitrogens with zero attached hydrogens (tertiary/aromatic N) is 4. The normalized spacial score (nSPS) is 10.5. The molecule has 2 aromatic rings. The van der Waals surface area contributed by atoms with Crippen molar-refractivity contribution in [1.82, 2.24) is 15.0 Å². The van der Waals surface area contributed by atoms with Crippen LogP contribution in [0.5, 0.6) is 0 Å². The second-order valence-electron chi connectivity index (χ2n) is 5.28. The van der Waals surface area contributed by atoms with E-state index in [0.717, 1.165) is 37.1 Å². The molecule has 0 bridgehead atoms. The van der Waals surface area contributed by atoms with E-state index in [-0.39, 0.29) is 0 Å². The summed E-state index contributed by atoms with van der Waals surface area (Å²) in [6, 6.07) is 10.6. The summed E-state index contributed by atoms with van der Waals surface area (Å²) in [5, 5.41) is 17.3. The van der Waals surface area contributed by atoms with Gasteiger partial charge in [-0.1, -0.05) is 44.0 Å². The Bertz CT molecular complexity index is 605. The maximum atomic E-state index is 9.15. The summed E-state index contributed by atoms with van der Waals surface area (Å²) in [4.78, 5) is 0. The average molecular weight is 282 g/mol. The van der Waals surface area contributed by atoms with Crippen molar-refractivity contribution in [2.24, 2.45) is 0 Å². The van der Waals surface area contributed by atoms with E-state index >= 15 is 0 Å². The molecule has 4 nitrogen and oxygen atoms in total. The van der Waals surface area contributed by atoms with Crippen LogP contribution in [0, 0.1) is 11.3 Å². The summed E-state index contributed by atoms with van der Waals surface area (Å²) in [5.74, 6) is 0. The number of nitriles is 1. The van der Waals surface area contributed by atoms with Crippen LogP contribution in [0.3, 0.4) is 0 Å². The highest BCUT2D eigenvalue weighted by atomic mass is 15.4. The molecule has 0 saturated carbocycles. The molecule has 0 N–H and O–H groups in total. The molecule has 0 radical (unpaired) electrons. The van der Waals surface area contributed by atoms with E-state index < -0.39 is 0 Å². The van der Waals surface area contributed by atoms with Gasteiger partial charge in [0.05, 0.1) is 11.4 Å². The van der Waals surface area contributed by atoms with Crippen LogP contribution in [0.2, 0.25) is 0 Å². The average Bonchev–Trinajstić information content (AvgIpc) is 2.94. The van der Waals surface area contributed by atoms with Crippen LogP contribution in [0.15, 0.2) is 24.3 Å². The summed E-state index contributed by atoms with van der Waals surface area (Å²) in [7, 11) is 0. The Morgan fingerprint density at radius 3 is 2.33 bits per heavy atom. The largest absolute Gasteiger partial charge is 0.216 e. The molecule has 21 heavy (non-hydrogen) atoms. The van der Waals surface area contributed by atoms with Crippen molar-refractivity contribution in [2.45, 2.75) is 52.4 Å². The van der Waals surface area contributed by atoms with Crippen molar-refractivity contribution in [3.05, 3.63) is 41.2 Å². The molecule has 110 valence electrons. The third kappa shape index (κ3) is 3.69. The highest BCUT2D eigenvalue weighted by Gasteiger charge is 2.13. The number of hydrogen-bond donors (Lipinski definition) is 0. The summed E-state index contributed by atoms with van der Waals surface area (Å²) < 4.78 is 1.80. The molecule has 0 atom stereocenters. The summed E-state index contributed by atoms with van der Waals surface area (Å²) >= 11 is 0. The molecule has 0 unspecified atom stereocenters. The van der Waals surface area contributed by atoms with Gasteiger partial charge in [-0.05, 0) is 43.4 Å². The van der Waals surface area contributed by atoms with E-state index in [9.17, 15) is 0 Å². The van der Waals surface area contributed by atoms with Gasteiger partial charge in [0.15, 0.2) is 5.69 Å². The smallest absolute Gasteiger partial charge is 0.186 e. The van der Waals surface area contributed by atoms with Gasteiger partial charge in [0, 0.05) is 0 Å². The number of aryl methyl sites for hydroxylation is 1. The van der Waals surface area contributed by atoms with Crippen LogP contribution in [-0.2, 0) is 12.8 Å². The van der Waals surface area contributed by atoms with E-state index in [1.165, 1.54) is 18.4 Å². The Balaban J connectivity index is 2.25. The molecule has 0 aliphatic carbocycles. The lowest BCUT2D eigenvalue weighted by Gasteiger charge is -2.07. The van der Waals surface area contributed by atoms with E-state index in [0.29, 0.717) is 5.69 Å². The maximum absolute atomic E-state index is 9.15. The van der Waals surface area contributed by atoms with Crippen molar-refractivity contribution >= 4 is 0 Å². The minimum atomic E-state index is 0.443. The minimum Gasteiger partial charge on any atom is -0.216 e. The van der Waals surface area contributed by atoms with Gasteiger partial charge in [-0.3, -0.25) is 0 Å². The molecule has 0 aliphatic rings. The van der Waals surface area contributed by atoms with Gasteiger partial charge in [0.1, 0.15) is 6.07 Å². The molecule has 1 aromatic carbocycles. The molecular formula is C17H22N4. The zero-order valence-electron chi connectivity index (χ0n) is 12.8. The lowest BCUT2D eigenvalue weighted by molar-refractivity contribution is 0.714. The molecule has 2 rings (SSSR count). The molecule has 1 aromatic heterocycles. The number of unbranched alkanes of at least 4 members (excludes halogenated alkanes) is 2. The fourth-order valence-electron chi connectivity index (χ4n) is 2.35. The van der Waals surface area contributed by atoms with Gasteiger partial charge in [0.25, 0.3) is 0 Å². The molecular weight excluding hydrogens is 260 g/mol. The third-order valence-electron chi connectivity index (χ3n) is 3.64. The van der Waals surface area contributed by atoms with Crippen LogP contribution in [0.4, 0.5) is 0 Å². The van der Waals surface area contributed by atoms with Crippen molar-refractivity contribution in [3.8, 4) is 11.8 Å². The Morgan fingerprint density at radius 1 is 1.05 bits per heavy atom. The van der Waals surface area contributed by atoms with Gasteiger partial charge in [-0.25, -0.2) is 4.68 Å². The van der Waals surface area contributed by atoms with Crippen molar-refractivity contribution in [2.75, 3.05) is 0 Å². The molecule has 0 spiro atoms. The molecule has 1 heterocycles. The molecule has 0 fully saturated rings. The van der Waals surface area contributed by atoms with E-state index in [4.69, 9.17) is 5.26 Å². The van der Waals surface area contributed by atoms with Crippen molar-refractivity contribution < 1.29 is 0 Å². The van der Waals surface area contributed by atoms with E-state index in [1.54, 1.807) is 4.68 Å². The van der Waals surface area contributed by atoms with Crippen molar-refractivity contribution in [3.63, 3.8) is 0 Å². The lowest BCUT2D eigenvalue weighted by Crippen LogP contribution is -2.03. The van der Waals surface area contributed by atoms with Crippen LogP contribution >= 0.6 is 0 Å². The van der Waals surface area contributed by atoms with E-state index in [2.05, 4.69) is 54.5 Å². The number of aromatic nitrogens is 3. The quantitative estimate of drug-likeness (QED) is 0.775. The highest BCUT2D eigenvalue weighted by Crippen LogP contribution is 2.16. The monoisotopic (exact) mass is 282 g/mol. The molecule has 0 saturated heterocycles. The van der Waals surface area contributed by atoms with Gasteiger partial charge in [-0.15, -0.1) is 5.10 Å². The first-order valence-electron chi connectivity index (χ1n) is 7.74. The first-order chi connectivity index (χ1) is 10.3. The second-order valence-corrected chi connectivity index (χ2v) is 5.28. The number of rotatable bonds is 7. The van der Waals surface area contributed by atoms with Gasteiger partial charge >= 0.3 is 0 Å². The molecule has 0 aliphatic heterocycles. The Hall–Kier alpha value is -2.15. The Morgan fingerprint density at radius 2 is 1.71 bits per heavy atom.